The van der Waals surface area contributed by atoms with E-state index in [-0.39, 0.29) is 17.3 Å². The van der Waals surface area contributed by atoms with E-state index in [0.717, 1.165) is 0 Å². The summed E-state index contributed by atoms with van der Waals surface area (Å²) in [5.74, 6) is 0.288. The van der Waals surface area contributed by atoms with Gasteiger partial charge >= 0.3 is 6.03 Å². The predicted octanol–water partition coefficient (Wildman–Crippen LogP) is 0.303. The number of carbonyl (C=O) groups excluding carboxylic acids is 1. The van der Waals surface area contributed by atoms with Gasteiger partial charge in [-0.1, -0.05) is 13.8 Å². The van der Waals surface area contributed by atoms with Crippen molar-refractivity contribution in [3.8, 4) is 0 Å². The third kappa shape index (κ3) is 1.10. The molecule has 0 radical (unpaired) electrons. The summed E-state index contributed by atoms with van der Waals surface area (Å²) in [6.45, 7) is 4.35. The largest absolute Gasteiger partial charge is 0.337 e. The van der Waals surface area contributed by atoms with Gasteiger partial charge in [-0.25, -0.2) is 4.79 Å². The molecule has 4 nitrogen and oxygen atoms in total. The summed E-state index contributed by atoms with van der Waals surface area (Å²) in [6, 6.07) is -0.274. The Morgan fingerprint density at radius 2 is 2.20 bits per heavy atom. The molecule has 0 atom stereocenters. The Labute approximate surface area is 59.5 Å². The summed E-state index contributed by atoms with van der Waals surface area (Å²) in [5, 5.41) is 12.4. The molecule has 3 N–H and O–H groups in total. The lowest BCUT2D eigenvalue weighted by molar-refractivity contribution is 0.236. The second-order valence-corrected chi connectivity index (χ2v) is 3.07. The van der Waals surface area contributed by atoms with E-state index in [1.165, 1.54) is 0 Å². The number of carbonyl (C=O) groups is 1. The third-order valence-electron chi connectivity index (χ3n) is 1.61. The molecule has 2 amide bonds. The molecule has 0 bridgehead atoms. The molecule has 1 fully saturated rings. The first-order chi connectivity index (χ1) is 4.52. The highest BCUT2D eigenvalue weighted by molar-refractivity contribution is 6.01. The lowest BCUT2D eigenvalue weighted by Gasteiger charge is -2.30. The van der Waals surface area contributed by atoms with Crippen molar-refractivity contribution in [2.45, 2.75) is 13.8 Å². The monoisotopic (exact) mass is 141 g/mol. The molecule has 1 heterocycles. The molecule has 0 saturated carbocycles. The fourth-order valence-corrected chi connectivity index (χ4v) is 0.717. The van der Waals surface area contributed by atoms with E-state index >= 15 is 0 Å². The highest BCUT2D eigenvalue weighted by Crippen LogP contribution is 2.15. The standard InChI is InChI=1S/C6H11N3O/c1-6(2)3-8-5(10)9-4(6)7/h3H2,1-2H3,(H3,7,8,9,10). The summed E-state index contributed by atoms with van der Waals surface area (Å²) in [4.78, 5) is 10.6. The molecular formula is C6H11N3O. The summed E-state index contributed by atoms with van der Waals surface area (Å²) < 4.78 is 0. The molecule has 1 saturated heterocycles. The smallest absolute Gasteiger partial charge is 0.320 e. The average molecular weight is 141 g/mol. The minimum atomic E-state index is -0.274. The van der Waals surface area contributed by atoms with Gasteiger partial charge in [0.25, 0.3) is 0 Å². The maximum absolute atomic E-state index is 10.6. The molecule has 0 aliphatic carbocycles. The lowest BCUT2D eigenvalue weighted by Crippen LogP contribution is -2.56. The van der Waals surface area contributed by atoms with E-state index in [0.29, 0.717) is 6.54 Å². The number of amidine groups is 1. The normalized spacial score (nSPS) is 23.4. The van der Waals surface area contributed by atoms with E-state index in [4.69, 9.17) is 5.41 Å². The number of rotatable bonds is 0. The van der Waals surface area contributed by atoms with Crippen molar-refractivity contribution in [2.24, 2.45) is 5.41 Å². The number of nitrogens with one attached hydrogen (secondary N) is 3. The summed E-state index contributed by atoms with van der Waals surface area (Å²) in [5.41, 5.74) is -0.242. The number of hydrogen-bond acceptors (Lipinski definition) is 2. The Morgan fingerprint density at radius 3 is 2.60 bits per heavy atom. The van der Waals surface area contributed by atoms with Crippen molar-refractivity contribution in [1.82, 2.24) is 10.6 Å². The van der Waals surface area contributed by atoms with Gasteiger partial charge in [-0.15, -0.1) is 0 Å². The van der Waals surface area contributed by atoms with Crippen molar-refractivity contribution in [3.63, 3.8) is 0 Å². The molecule has 0 spiro atoms. The van der Waals surface area contributed by atoms with E-state index in [1.54, 1.807) is 0 Å². The Morgan fingerprint density at radius 1 is 1.60 bits per heavy atom. The number of hydrogen-bond donors (Lipinski definition) is 3. The lowest BCUT2D eigenvalue weighted by atomic mass is 9.90. The van der Waals surface area contributed by atoms with Gasteiger partial charge in [-0.05, 0) is 0 Å². The molecule has 10 heavy (non-hydrogen) atoms. The summed E-state index contributed by atoms with van der Waals surface area (Å²) in [6.07, 6.45) is 0. The van der Waals surface area contributed by atoms with Crippen molar-refractivity contribution >= 4 is 11.9 Å². The van der Waals surface area contributed by atoms with Crippen LogP contribution in [0.2, 0.25) is 0 Å². The van der Waals surface area contributed by atoms with Crippen LogP contribution in [0.3, 0.4) is 0 Å². The quantitative estimate of drug-likeness (QED) is 0.446. The van der Waals surface area contributed by atoms with Crippen LogP contribution in [0.1, 0.15) is 13.8 Å². The van der Waals surface area contributed by atoms with E-state index in [1.807, 2.05) is 13.8 Å². The molecule has 1 aliphatic rings. The van der Waals surface area contributed by atoms with Gasteiger partial charge in [-0.3, -0.25) is 10.7 Å². The van der Waals surface area contributed by atoms with Crippen LogP contribution in [0.15, 0.2) is 0 Å². The van der Waals surface area contributed by atoms with E-state index in [2.05, 4.69) is 10.6 Å². The molecular weight excluding hydrogens is 130 g/mol. The van der Waals surface area contributed by atoms with Crippen molar-refractivity contribution in [2.75, 3.05) is 6.54 Å². The molecule has 0 unspecified atom stereocenters. The highest BCUT2D eigenvalue weighted by atomic mass is 16.2. The van der Waals surface area contributed by atoms with Crippen LogP contribution in [0.5, 0.6) is 0 Å². The number of urea groups is 1. The minimum absolute atomic E-state index is 0.242. The van der Waals surface area contributed by atoms with Gasteiger partial charge in [0.15, 0.2) is 0 Å². The van der Waals surface area contributed by atoms with E-state index < -0.39 is 0 Å². The van der Waals surface area contributed by atoms with Gasteiger partial charge in [0.1, 0.15) is 5.84 Å². The number of amides is 2. The van der Waals surface area contributed by atoms with Crippen LogP contribution in [-0.2, 0) is 0 Å². The Bertz CT molecular complexity index is 185. The Hall–Kier alpha value is -1.06. The van der Waals surface area contributed by atoms with Crippen molar-refractivity contribution in [1.29, 1.82) is 5.41 Å². The first-order valence-electron chi connectivity index (χ1n) is 3.16. The van der Waals surface area contributed by atoms with Gasteiger partial charge in [0.05, 0.1) is 0 Å². The van der Waals surface area contributed by atoms with Crippen LogP contribution in [-0.4, -0.2) is 18.4 Å². The van der Waals surface area contributed by atoms with Gasteiger partial charge in [0, 0.05) is 12.0 Å². The van der Waals surface area contributed by atoms with Crippen LogP contribution in [0, 0.1) is 10.8 Å². The zero-order valence-electron chi connectivity index (χ0n) is 6.12. The van der Waals surface area contributed by atoms with Crippen LogP contribution in [0.25, 0.3) is 0 Å². The Balaban J connectivity index is 2.70. The fourth-order valence-electron chi connectivity index (χ4n) is 0.717. The van der Waals surface area contributed by atoms with Gasteiger partial charge in [-0.2, -0.15) is 0 Å². The fraction of sp³-hybridized carbons (Fsp3) is 0.667. The average Bonchev–Trinajstić information content (AvgIpc) is 1.81. The predicted molar refractivity (Wildman–Crippen MR) is 38.0 cm³/mol. The first-order valence-corrected chi connectivity index (χ1v) is 3.16. The zero-order chi connectivity index (χ0) is 7.78. The molecule has 0 aromatic carbocycles. The maximum Gasteiger partial charge on any atom is 0.320 e. The molecule has 1 rings (SSSR count). The molecule has 4 heteroatoms. The Kier molecular flexibility index (Phi) is 1.39. The van der Waals surface area contributed by atoms with Crippen LogP contribution < -0.4 is 10.6 Å². The second-order valence-electron chi connectivity index (χ2n) is 3.07. The van der Waals surface area contributed by atoms with Gasteiger partial charge in [0.2, 0.25) is 0 Å². The summed E-state index contributed by atoms with van der Waals surface area (Å²) >= 11 is 0. The van der Waals surface area contributed by atoms with E-state index in [9.17, 15) is 4.79 Å². The molecule has 1 aliphatic heterocycles. The molecule has 0 aromatic heterocycles. The minimum Gasteiger partial charge on any atom is -0.337 e. The van der Waals surface area contributed by atoms with Gasteiger partial charge < -0.3 is 5.32 Å². The molecule has 0 aromatic rings. The second kappa shape index (κ2) is 1.97. The van der Waals surface area contributed by atoms with Crippen molar-refractivity contribution in [3.05, 3.63) is 0 Å². The SMILES string of the molecule is CC1(C)CNC(=O)NC1=N. The van der Waals surface area contributed by atoms with Crippen LogP contribution >= 0.6 is 0 Å². The highest BCUT2D eigenvalue weighted by Gasteiger charge is 2.29. The zero-order valence-corrected chi connectivity index (χ0v) is 6.12. The summed E-state index contributed by atoms with van der Waals surface area (Å²) in [7, 11) is 0. The topological polar surface area (TPSA) is 65.0 Å². The first kappa shape index (κ1) is 7.05. The third-order valence-corrected chi connectivity index (χ3v) is 1.61. The van der Waals surface area contributed by atoms with Crippen LogP contribution in [0.4, 0.5) is 4.79 Å². The molecule has 56 valence electrons. The van der Waals surface area contributed by atoms with Crippen molar-refractivity contribution < 1.29 is 4.79 Å². The maximum atomic E-state index is 10.6.